The number of hydrogen-bond acceptors (Lipinski definition) is 5. The molecule has 1 atom stereocenters. The summed E-state index contributed by atoms with van der Waals surface area (Å²) in [4.78, 5) is 10.9. The maximum atomic E-state index is 14.3. The van der Waals surface area contributed by atoms with E-state index in [1.165, 1.54) is 14.2 Å². The molecule has 2 rings (SSSR count). The van der Waals surface area contributed by atoms with Crippen molar-refractivity contribution < 1.29 is 23.8 Å². The first-order chi connectivity index (χ1) is 10.9. The number of halogens is 1. The lowest BCUT2D eigenvalue weighted by atomic mass is 10.0. The molecule has 23 heavy (non-hydrogen) atoms. The maximum absolute atomic E-state index is 14.3. The van der Waals surface area contributed by atoms with Gasteiger partial charge in [-0.15, -0.1) is 0 Å². The van der Waals surface area contributed by atoms with Crippen LogP contribution in [0.25, 0.3) is 10.9 Å². The van der Waals surface area contributed by atoms with E-state index in [-0.39, 0.29) is 17.9 Å². The molecule has 0 aliphatic rings. The smallest absolute Gasteiger partial charge is 0.320 e. The van der Waals surface area contributed by atoms with Crippen molar-refractivity contribution in [3.63, 3.8) is 0 Å². The van der Waals surface area contributed by atoms with Crippen molar-refractivity contribution in [3.8, 4) is 11.5 Å². The van der Waals surface area contributed by atoms with E-state index in [0.29, 0.717) is 22.2 Å². The minimum Gasteiger partial charge on any atom is -0.491 e. The van der Waals surface area contributed by atoms with Crippen molar-refractivity contribution in [3.05, 3.63) is 17.1 Å². The Morgan fingerprint density at radius 3 is 2.39 bits per heavy atom. The predicted molar refractivity (Wildman–Crippen MR) is 84.6 cm³/mol. The number of aromatic amines is 1. The van der Waals surface area contributed by atoms with Gasteiger partial charge in [0.05, 0.1) is 14.2 Å². The summed E-state index contributed by atoms with van der Waals surface area (Å²) in [5, 5.41) is 16.1. The fourth-order valence-corrected chi connectivity index (χ4v) is 2.26. The number of benzene rings is 1. The number of carboxylic acid groups (broad SMARTS) is 1. The largest absolute Gasteiger partial charge is 0.491 e. The molecule has 0 radical (unpaired) electrons. The normalized spacial score (nSPS) is 11.6. The van der Waals surface area contributed by atoms with Gasteiger partial charge < -0.3 is 20.3 Å². The highest BCUT2D eigenvalue weighted by molar-refractivity contribution is 5.93. The number of nitrogens with one attached hydrogen (secondary N) is 1. The van der Waals surface area contributed by atoms with Gasteiger partial charge in [0.25, 0.3) is 0 Å². The monoisotopic (exact) mass is 327 g/mol. The summed E-state index contributed by atoms with van der Waals surface area (Å²) in [6.07, 6.45) is 0.00158. The van der Waals surface area contributed by atoms with Crippen molar-refractivity contribution in [1.29, 1.82) is 0 Å². The molecule has 128 valence electrons. The quantitative estimate of drug-likeness (QED) is 0.775. The molecule has 0 saturated carbocycles. The molecular weight excluding hydrogens is 305 g/mol. The second-order valence-electron chi connectivity index (χ2n) is 4.58. The van der Waals surface area contributed by atoms with E-state index < -0.39 is 17.8 Å². The highest BCUT2D eigenvalue weighted by atomic mass is 19.1. The Bertz CT molecular complexity index is 700. The summed E-state index contributed by atoms with van der Waals surface area (Å²) in [6.45, 7) is 5.56. The number of nitrogens with two attached hydrogens (primary N) is 1. The van der Waals surface area contributed by atoms with Gasteiger partial charge in [0, 0.05) is 23.1 Å². The molecule has 1 heterocycles. The van der Waals surface area contributed by atoms with Gasteiger partial charge in [0.15, 0.2) is 17.3 Å². The zero-order valence-corrected chi connectivity index (χ0v) is 13.9. The molecular formula is C15H22FN3O4. The fraction of sp³-hybridized carbons (Fsp3) is 0.467. The number of aromatic nitrogens is 2. The van der Waals surface area contributed by atoms with E-state index in [1.807, 2.05) is 13.8 Å². The third kappa shape index (κ3) is 3.37. The van der Waals surface area contributed by atoms with Crippen molar-refractivity contribution in [2.24, 2.45) is 5.73 Å². The van der Waals surface area contributed by atoms with Crippen LogP contribution in [0.5, 0.6) is 11.5 Å². The lowest BCUT2D eigenvalue weighted by Crippen LogP contribution is -2.32. The Hall–Kier alpha value is -2.35. The van der Waals surface area contributed by atoms with Crippen LogP contribution in [0.3, 0.4) is 0 Å². The zero-order chi connectivity index (χ0) is 17.7. The van der Waals surface area contributed by atoms with Crippen molar-refractivity contribution in [2.45, 2.75) is 33.2 Å². The number of hydrogen-bond donors (Lipinski definition) is 3. The van der Waals surface area contributed by atoms with Crippen LogP contribution < -0.4 is 15.2 Å². The molecule has 1 aromatic carbocycles. The van der Waals surface area contributed by atoms with Crippen LogP contribution in [0.4, 0.5) is 4.39 Å². The Labute approximate surface area is 133 Å². The van der Waals surface area contributed by atoms with Gasteiger partial charge in [-0.3, -0.25) is 9.89 Å². The Balaban J connectivity index is 0.00000127. The summed E-state index contributed by atoms with van der Waals surface area (Å²) in [5.74, 6) is -1.60. The predicted octanol–water partition coefficient (Wildman–Crippen LogP) is 2.01. The molecule has 4 N–H and O–H groups in total. The van der Waals surface area contributed by atoms with Crippen LogP contribution >= 0.6 is 0 Å². The number of methoxy groups -OCH3 is 2. The van der Waals surface area contributed by atoms with Crippen LogP contribution in [0.15, 0.2) is 0 Å². The maximum Gasteiger partial charge on any atom is 0.320 e. The molecule has 2 aromatic rings. The van der Waals surface area contributed by atoms with Crippen LogP contribution in [0.1, 0.15) is 25.1 Å². The van der Waals surface area contributed by atoms with Gasteiger partial charge in [-0.05, 0) is 6.92 Å². The molecule has 1 aromatic heterocycles. The van der Waals surface area contributed by atoms with Crippen LogP contribution in [0.2, 0.25) is 0 Å². The number of nitrogens with zero attached hydrogens (tertiary/aromatic N) is 1. The number of ether oxygens (including phenoxy) is 2. The number of H-pyrrole nitrogens is 1. The second-order valence-corrected chi connectivity index (χ2v) is 4.58. The Morgan fingerprint density at radius 2 is 1.91 bits per heavy atom. The first kappa shape index (κ1) is 18.7. The average molecular weight is 327 g/mol. The van der Waals surface area contributed by atoms with E-state index in [4.69, 9.17) is 20.3 Å². The van der Waals surface area contributed by atoms with Crippen molar-refractivity contribution in [1.82, 2.24) is 10.2 Å². The molecule has 1 unspecified atom stereocenters. The molecule has 7 nitrogen and oxygen atoms in total. The number of aliphatic carboxylic acids is 1. The Kier molecular flexibility index (Phi) is 6.32. The van der Waals surface area contributed by atoms with Gasteiger partial charge in [0.1, 0.15) is 11.6 Å². The third-order valence-corrected chi connectivity index (χ3v) is 3.32. The van der Waals surface area contributed by atoms with Crippen molar-refractivity contribution in [2.75, 3.05) is 14.2 Å². The van der Waals surface area contributed by atoms with Gasteiger partial charge in [-0.25, -0.2) is 4.39 Å². The molecule has 0 bridgehead atoms. The molecule has 0 amide bonds. The van der Waals surface area contributed by atoms with Crippen LogP contribution in [0, 0.1) is 12.7 Å². The van der Waals surface area contributed by atoms with E-state index >= 15 is 0 Å². The van der Waals surface area contributed by atoms with Crippen LogP contribution in [-0.4, -0.2) is 41.5 Å². The summed E-state index contributed by atoms with van der Waals surface area (Å²) >= 11 is 0. The molecule has 0 aliphatic carbocycles. The summed E-state index contributed by atoms with van der Waals surface area (Å²) in [5.41, 5.74) is 6.63. The lowest BCUT2D eigenvalue weighted by molar-refractivity contribution is -0.138. The minimum absolute atomic E-state index is 0.00158. The summed E-state index contributed by atoms with van der Waals surface area (Å²) < 4.78 is 24.5. The molecule has 8 heteroatoms. The number of carbonyl (C=O) groups is 1. The number of fused-ring (bicyclic) bond motifs is 1. The highest BCUT2D eigenvalue weighted by Gasteiger charge is 2.25. The van der Waals surface area contributed by atoms with Gasteiger partial charge in [0.2, 0.25) is 0 Å². The Morgan fingerprint density at radius 1 is 1.35 bits per heavy atom. The van der Waals surface area contributed by atoms with E-state index in [1.54, 1.807) is 6.92 Å². The number of rotatable bonds is 5. The van der Waals surface area contributed by atoms with E-state index in [9.17, 15) is 9.18 Å². The topological polar surface area (TPSA) is 110 Å². The first-order valence-corrected chi connectivity index (χ1v) is 7.17. The molecule has 0 fully saturated rings. The molecule has 0 saturated heterocycles. The van der Waals surface area contributed by atoms with Gasteiger partial charge >= 0.3 is 5.97 Å². The summed E-state index contributed by atoms with van der Waals surface area (Å²) in [6, 6.07) is -1.11. The van der Waals surface area contributed by atoms with Crippen LogP contribution in [-0.2, 0) is 11.2 Å². The van der Waals surface area contributed by atoms with Gasteiger partial charge in [-0.2, -0.15) is 5.10 Å². The average Bonchev–Trinajstić information content (AvgIpc) is 2.96. The minimum atomic E-state index is -1.14. The zero-order valence-electron chi connectivity index (χ0n) is 13.9. The van der Waals surface area contributed by atoms with Crippen molar-refractivity contribution >= 4 is 16.9 Å². The standard InChI is InChI=1S/C13H16FN3O4.C2H6/c1-5-8-7(4-6(15)13(18)19)16-17-10(8)12(21-3)11(20-2)9(5)14;1-2/h6H,4,15H2,1-3H3,(H,16,17)(H,18,19);1-2H3. The van der Waals surface area contributed by atoms with E-state index in [0.717, 1.165) is 0 Å². The highest BCUT2D eigenvalue weighted by Crippen LogP contribution is 2.40. The SMILES string of the molecule is CC.COc1c(F)c(C)c2c(CC(N)C(=O)O)[nH]nc2c1OC. The van der Waals surface area contributed by atoms with E-state index in [2.05, 4.69) is 10.2 Å². The molecule has 0 aliphatic heterocycles. The lowest BCUT2D eigenvalue weighted by Gasteiger charge is -2.12. The molecule has 0 spiro atoms. The fourth-order valence-electron chi connectivity index (χ4n) is 2.26. The number of aryl methyl sites for hydroxylation is 1. The van der Waals surface area contributed by atoms with Gasteiger partial charge in [-0.1, -0.05) is 13.8 Å². The summed E-state index contributed by atoms with van der Waals surface area (Å²) in [7, 11) is 2.71. The second kappa shape index (κ2) is 7.77. The number of carboxylic acids is 1. The first-order valence-electron chi connectivity index (χ1n) is 7.17. The third-order valence-electron chi connectivity index (χ3n) is 3.32.